The molecule has 0 atom stereocenters. The molecule has 0 bridgehead atoms. The molecule has 0 amide bonds. The molecule has 0 saturated heterocycles. The monoisotopic (exact) mass is 175 g/mol. The molecule has 60 valence electrons. The van der Waals surface area contributed by atoms with Crippen molar-refractivity contribution in [3.05, 3.63) is 27.3 Å². The zero-order chi connectivity index (χ0) is 8.39. The number of fused-ring (bicyclic) bond motifs is 1. The predicted octanol–water partition coefficient (Wildman–Crippen LogP) is 1.29. The summed E-state index contributed by atoms with van der Waals surface area (Å²) in [4.78, 5) is 4.04. The van der Waals surface area contributed by atoms with Crippen LogP contribution >= 0.6 is 11.3 Å². The van der Waals surface area contributed by atoms with Crippen molar-refractivity contribution in [2.24, 2.45) is 4.99 Å². The standard InChI is InChI=1S/C10H9NS/c1-2-8-3-5-11-7-9-4-6-12-10(8)9/h3-4,6-7H,2H2,1H3. The predicted molar refractivity (Wildman–Crippen MR) is 53.7 cm³/mol. The van der Waals surface area contributed by atoms with Crippen molar-refractivity contribution in [3.63, 3.8) is 0 Å². The van der Waals surface area contributed by atoms with Gasteiger partial charge in [-0.15, -0.1) is 11.3 Å². The van der Waals surface area contributed by atoms with Gasteiger partial charge in [0.05, 0.1) is 0 Å². The highest BCUT2D eigenvalue weighted by Crippen LogP contribution is 2.01. The molecule has 0 spiro atoms. The normalized spacial score (nSPS) is 13.9. The van der Waals surface area contributed by atoms with E-state index in [1.165, 1.54) is 15.3 Å². The molecule has 0 aromatic carbocycles. The minimum Gasteiger partial charge on any atom is -0.213 e. The van der Waals surface area contributed by atoms with E-state index in [1.807, 2.05) is 12.3 Å². The summed E-state index contributed by atoms with van der Waals surface area (Å²) in [5, 5.41) is 3.32. The SMILES string of the molecule is CCC1=c2sccc2=CN=C=C1. The fourth-order valence-corrected chi connectivity index (χ4v) is 2.19. The highest BCUT2D eigenvalue weighted by Gasteiger charge is 1.95. The van der Waals surface area contributed by atoms with E-state index >= 15 is 0 Å². The number of hydrogen-bond donors (Lipinski definition) is 0. The third kappa shape index (κ3) is 1.15. The first-order valence-corrected chi connectivity index (χ1v) is 4.85. The summed E-state index contributed by atoms with van der Waals surface area (Å²) in [6.45, 7) is 2.16. The van der Waals surface area contributed by atoms with Gasteiger partial charge >= 0.3 is 0 Å². The van der Waals surface area contributed by atoms with Crippen LogP contribution in [-0.4, -0.2) is 5.87 Å². The average molecular weight is 175 g/mol. The Kier molecular flexibility index (Phi) is 1.94. The van der Waals surface area contributed by atoms with Crippen LogP contribution in [0.2, 0.25) is 0 Å². The Hall–Kier alpha value is -1.11. The van der Waals surface area contributed by atoms with Gasteiger partial charge in [-0.1, -0.05) is 6.92 Å². The fraction of sp³-hybridized carbons (Fsp3) is 0.200. The van der Waals surface area contributed by atoms with Gasteiger partial charge < -0.3 is 0 Å². The lowest BCUT2D eigenvalue weighted by Gasteiger charge is -1.89. The second kappa shape index (κ2) is 3.10. The molecule has 0 radical (unpaired) electrons. The second-order valence-corrected chi connectivity index (χ2v) is 3.53. The Balaban J connectivity index is 2.88. The Labute approximate surface area is 75.1 Å². The summed E-state index contributed by atoms with van der Waals surface area (Å²) >= 11 is 1.77. The van der Waals surface area contributed by atoms with Crippen molar-refractivity contribution < 1.29 is 0 Å². The molecule has 2 rings (SSSR count). The van der Waals surface area contributed by atoms with Gasteiger partial charge in [-0.2, -0.15) is 0 Å². The zero-order valence-electron chi connectivity index (χ0n) is 6.87. The van der Waals surface area contributed by atoms with Crippen LogP contribution in [0.5, 0.6) is 0 Å². The lowest BCUT2D eigenvalue weighted by molar-refractivity contribution is 1.25. The van der Waals surface area contributed by atoms with Crippen LogP contribution in [0.1, 0.15) is 13.3 Å². The molecule has 0 N–H and O–H groups in total. The zero-order valence-corrected chi connectivity index (χ0v) is 7.69. The summed E-state index contributed by atoms with van der Waals surface area (Å²) in [6.07, 6.45) is 4.88. The fourth-order valence-electron chi connectivity index (χ4n) is 1.23. The molecule has 2 heterocycles. The first-order valence-electron chi connectivity index (χ1n) is 3.97. The minimum atomic E-state index is 1.05. The molecule has 0 saturated carbocycles. The molecular weight excluding hydrogens is 166 g/mol. The first kappa shape index (κ1) is 7.53. The third-order valence-electron chi connectivity index (χ3n) is 1.89. The highest BCUT2D eigenvalue weighted by molar-refractivity contribution is 7.07. The molecule has 1 aliphatic rings. The van der Waals surface area contributed by atoms with E-state index in [9.17, 15) is 0 Å². The average Bonchev–Trinajstić information content (AvgIpc) is 2.46. The third-order valence-corrected chi connectivity index (χ3v) is 2.89. The Morgan fingerprint density at radius 3 is 3.33 bits per heavy atom. The summed E-state index contributed by atoms with van der Waals surface area (Å²) in [5.74, 6) is 2.90. The molecule has 1 aromatic rings. The molecule has 1 aliphatic heterocycles. The van der Waals surface area contributed by atoms with Crippen LogP contribution in [0.15, 0.2) is 22.5 Å². The molecule has 0 aliphatic carbocycles. The van der Waals surface area contributed by atoms with Crippen molar-refractivity contribution in [2.75, 3.05) is 0 Å². The summed E-state index contributed by atoms with van der Waals surface area (Å²) < 4.78 is 1.34. The van der Waals surface area contributed by atoms with Crippen molar-refractivity contribution in [3.8, 4) is 0 Å². The van der Waals surface area contributed by atoms with E-state index < -0.39 is 0 Å². The van der Waals surface area contributed by atoms with Gasteiger partial charge in [0, 0.05) is 22.0 Å². The van der Waals surface area contributed by atoms with Crippen LogP contribution in [-0.2, 0) is 0 Å². The summed E-state index contributed by atoms with van der Waals surface area (Å²) in [5.41, 5.74) is 1.33. The molecule has 2 heteroatoms. The van der Waals surface area contributed by atoms with Gasteiger partial charge in [0.1, 0.15) is 0 Å². The molecule has 12 heavy (non-hydrogen) atoms. The van der Waals surface area contributed by atoms with Gasteiger partial charge in [0.25, 0.3) is 0 Å². The van der Waals surface area contributed by atoms with Gasteiger partial charge in [0.2, 0.25) is 0 Å². The van der Waals surface area contributed by atoms with Gasteiger partial charge in [-0.25, -0.2) is 4.99 Å². The number of thiophene rings is 1. The Bertz CT molecular complexity index is 458. The highest BCUT2D eigenvalue weighted by atomic mass is 32.1. The number of hydrogen-bond acceptors (Lipinski definition) is 2. The van der Waals surface area contributed by atoms with E-state index in [-0.39, 0.29) is 0 Å². The van der Waals surface area contributed by atoms with Crippen LogP contribution in [0, 0.1) is 0 Å². The maximum absolute atomic E-state index is 4.04. The molecule has 0 fully saturated rings. The number of aliphatic imine (C=N–C) groups is 1. The molecule has 1 nitrogen and oxygen atoms in total. The van der Waals surface area contributed by atoms with Crippen molar-refractivity contribution in [1.82, 2.24) is 0 Å². The van der Waals surface area contributed by atoms with Crippen molar-refractivity contribution >= 4 is 29.0 Å². The maximum Gasteiger partial charge on any atom is 0.0455 e. The quantitative estimate of drug-likeness (QED) is 0.610. The summed E-state index contributed by atoms with van der Waals surface area (Å²) in [7, 11) is 0. The Morgan fingerprint density at radius 2 is 2.50 bits per heavy atom. The number of nitrogens with zero attached hydrogens (tertiary/aromatic N) is 1. The minimum absolute atomic E-state index is 1.05. The van der Waals surface area contributed by atoms with E-state index in [2.05, 4.69) is 29.2 Å². The second-order valence-electron chi connectivity index (χ2n) is 2.62. The van der Waals surface area contributed by atoms with Gasteiger partial charge in [-0.05, 0) is 29.3 Å². The van der Waals surface area contributed by atoms with E-state index in [4.69, 9.17) is 0 Å². The smallest absolute Gasteiger partial charge is 0.0455 e. The van der Waals surface area contributed by atoms with E-state index in [1.54, 1.807) is 11.3 Å². The first-order chi connectivity index (χ1) is 5.92. The van der Waals surface area contributed by atoms with Crippen LogP contribution in [0.4, 0.5) is 0 Å². The van der Waals surface area contributed by atoms with E-state index in [0.29, 0.717) is 0 Å². The number of allylic oxidation sites excluding steroid dienone is 1. The van der Waals surface area contributed by atoms with Crippen molar-refractivity contribution in [2.45, 2.75) is 13.3 Å². The largest absolute Gasteiger partial charge is 0.213 e. The molecular formula is C10H9NS. The number of rotatable bonds is 1. The summed E-state index contributed by atoms with van der Waals surface area (Å²) in [6, 6.07) is 2.10. The van der Waals surface area contributed by atoms with E-state index in [0.717, 1.165) is 6.42 Å². The van der Waals surface area contributed by atoms with Gasteiger partial charge in [-0.3, -0.25) is 0 Å². The topological polar surface area (TPSA) is 12.4 Å². The van der Waals surface area contributed by atoms with Crippen LogP contribution in [0.3, 0.4) is 0 Å². The van der Waals surface area contributed by atoms with Crippen molar-refractivity contribution in [1.29, 1.82) is 0 Å². The molecule has 1 aromatic heterocycles. The lowest BCUT2D eigenvalue weighted by atomic mass is 10.2. The Morgan fingerprint density at radius 1 is 1.58 bits per heavy atom. The lowest BCUT2D eigenvalue weighted by Crippen LogP contribution is -2.19. The maximum atomic E-state index is 4.04. The molecule has 0 unspecified atom stereocenters. The van der Waals surface area contributed by atoms with Gasteiger partial charge in [0.15, 0.2) is 0 Å². The van der Waals surface area contributed by atoms with Crippen LogP contribution < -0.4 is 9.75 Å². The van der Waals surface area contributed by atoms with Crippen LogP contribution in [0.25, 0.3) is 11.8 Å².